The highest BCUT2D eigenvalue weighted by molar-refractivity contribution is 5.54. The lowest BCUT2D eigenvalue weighted by atomic mass is 10.0. The number of nitrogens with two attached hydrogens (primary N) is 1. The SMILES string of the molecule is Nc1ccc(N2CCC[C@@H](Nc3cc(N4CCOCC4)ncn3)C2)cc1. The minimum atomic E-state index is 0.369. The minimum absolute atomic E-state index is 0.369. The first-order chi connectivity index (χ1) is 12.8. The fourth-order valence-corrected chi connectivity index (χ4v) is 3.62. The molecule has 0 bridgehead atoms. The number of hydrogen-bond acceptors (Lipinski definition) is 7. The number of nitrogens with zero attached hydrogens (tertiary/aromatic N) is 4. The molecule has 26 heavy (non-hydrogen) atoms. The molecule has 3 N–H and O–H groups in total. The summed E-state index contributed by atoms with van der Waals surface area (Å²) in [5.74, 6) is 1.86. The van der Waals surface area contributed by atoms with Crippen LogP contribution >= 0.6 is 0 Å². The summed E-state index contributed by atoms with van der Waals surface area (Å²) in [5, 5.41) is 3.60. The second kappa shape index (κ2) is 7.78. The lowest BCUT2D eigenvalue weighted by molar-refractivity contribution is 0.122. The highest BCUT2D eigenvalue weighted by atomic mass is 16.5. The summed E-state index contributed by atoms with van der Waals surface area (Å²) in [6.45, 7) is 5.30. The van der Waals surface area contributed by atoms with Crippen molar-refractivity contribution in [1.82, 2.24) is 9.97 Å². The number of benzene rings is 1. The molecule has 2 fully saturated rings. The zero-order valence-electron chi connectivity index (χ0n) is 15.0. The highest BCUT2D eigenvalue weighted by Crippen LogP contribution is 2.23. The van der Waals surface area contributed by atoms with Crippen molar-refractivity contribution < 1.29 is 4.74 Å². The molecule has 1 aromatic carbocycles. The van der Waals surface area contributed by atoms with E-state index in [1.807, 2.05) is 18.2 Å². The van der Waals surface area contributed by atoms with Gasteiger partial charge in [-0.3, -0.25) is 0 Å². The molecule has 0 aliphatic carbocycles. The summed E-state index contributed by atoms with van der Waals surface area (Å²) in [7, 11) is 0. The fourth-order valence-electron chi connectivity index (χ4n) is 3.62. The van der Waals surface area contributed by atoms with E-state index in [-0.39, 0.29) is 0 Å². The van der Waals surface area contributed by atoms with Gasteiger partial charge in [0, 0.05) is 49.7 Å². The Balaban J connectivity index is 1.41. The summed E-state index contributed by atoms with van der Waals surface area (Å²) >= 11 is 0. The number of aromatic nitrogens is 2. The van der Waals surface area contributed by atoms with Crippen molar-refractivity contribution in [2.45, 2.75) is 18.9 Å². The Morgan fingerprint density at radius 1 is 1.04 bits per heavy atom. The number of ether oxygens (including phenoxy) is 1. The topological polar surface area (TPSA) is 79.5 Å². The zero-order chi connectivity index (χ0) is 17.8. The predicted molar refractivity (Wildman–Crippen MR) is 105 cm³/mol. The summed E-state index contributed by atoms with van der Waals surface area (Å²) in [5.41, 5.74) is 7.83. The van der Waals surface area contributed by atoms with Crippen LogP contribution in [0, 0.1) is 0 Å². The van der Waals surface area contributed by atoms with E-state index in [1.54, 1.807) is 6.33 Å². The van der Waals surface area contributed by atoms with Gasteiger partial charge in [0.05, 0.1) is 13.2 Å². The third-order valence-corrected chi connectivity index (χ3v) is 5.02. The monoisotopic (exact) mass is 354 g/mol. The molecule has 2 aromatic rings. The molecular formula is C19H26N6O. The Morgan fingerprint density at radius 3 is 2.65 bits per heavy atom. The second-order valence-electron chi connectivity index (χ2n) is 6.88. The molecule has 0 radical (unpaired) electrons. The van der Waals surface area contributed by atoms with Crippen molar-refractivity contribution in [3.05, 3.63) is 36.7 Å². The predicted octanol–water partition coefficient (Wildman–Crippen LogP) is 1.98. The number of morpholine rings is 1. The minimum Gasteiger partial charge on any atom is -0.399 e. The molecule has 1 atom stereocenters. The van der Waals surface area contributed by atoms with E-state index < -0.39 is 0 Å². The summed E-state index contributed by atoms with van der Waals surface area (Å²) in [4.78, 5) is 13.5. The molecule has 0 spiro atoms. The van der Waals surface area contributed by atoms with Crippen molar-refractivity contribution >= 4 is 23.0 Å². The van der Waals surface area contributed by atoms with E-state index in [0.717, 1.165) is 69.6 Å². The van der Waals surface area contributed by atoms with Crippen LogP contribution in [-0.4, -0.2) is 55.4 Å². The molecule has 2 saturated heterocycles. The van der Waals surface area contributed by atoms with Gasteiger partial charge in [0.25, 0.3) is 0 Å². The quantitative estimate of drug-likeness (QED) is 0.813. The maximum absolute atomic E-state index is 5.80. The number of rotatable bonds is 4. The van der Waals surface area contributed by atoms with Crippen LogP contribution in [0.4, 0.5) is 23.0 Å². The van der Waals surface area contributed by atoms with E-state index in [2.05, 4.69) is 37.2 Å². The van der Waals surface area contributed by atoms with Crippen LogP contribution in [0.1, 0.15) is 12.8 Å². The van der Waals surface area contributed by atoms with Gasteiger partial charge in [-0.1, -0.05) is 0 Å². The van der Waals surface area contributed by atoms with Gasteiger partial charge >= 0.3 is 0 Å². The van der Waals surface area contributed by atoms with Gasteiger partial charge in [0.1, 0.15) is 18.0 Å². The zero-order valence-corrected chi connectivity index (χ0v) is 15.0. The van der Waals surface area contributed by atoms with E-state index in [1.165, 1.54) is 5.69 Å². The number of hydrogen-bond donors (Lipinski definition) is 2. The molecule has 2 aliphatic heterocycles. The van der Waals surface area contributed by atoms with Gasteiger partial charge in [0.15, 0.2) is 0 Å². The van der Waals surface area contributed by atoms with Crippen molar-refractivity contribution in [2.75, 3.05) is 60.2 Å². The third-order valence-electron chi connectivity index (χ3n) is 5.02. The Labute approximate surface area is 154 Å². The lowest BCUT2D eigenvalue weighted by Gasteiger charge is -2.35. The fraction of sp³-hybridized carbons (Fsp3) is 0.474. The Kier molecular flexibility index (Phi) is 5.06. The molecule has 4 rings (SSSR count). The van der Waals surface area contributed by atoms with E-state index in [0.29, 0.717) is 6.04 Å². The third kappa shape index (κ3) is 3.99. The molecule has 3 heterocycles. The molecule has 138 valence electrons. The number of piperidine rings is 1. The number of nitrogen functional groups attached to an aromatic ring is 1. The highest BCUT2D eigenvalue weighted by Gasteiger charge is 2.21. The largest absolute Gasteiger partial charge is 0.399 e. The van der Waals surface area contributed by atoms with Crippen LogP contribution in [0.2, 0.25) is 0 Å². The summed E-state index contributed by atoms with van der Waals surface area (Å²) < 4.78 is 5.42. The van der Waals surface area contributed by atoms with Crippen LogP contribution in [0.5, 0.6) is 0 Å². The molecule has 7 nitrogen and oxygen atoms in total. The lowest BCUT2D eigenvalue weighted by Crippen LogP contribution is -2.42. The average molecular weight is 354 g/mol. The second-order valence-corrected chi connectivity index (χ2v) is 6.88. The number of anilines is 4. The molecule has 7 heteroatoms. The van der Waals surface area contributed by atoms with Crippen molar-refractivity contribution in [2.24, 2.45) is 0 Å². The number of nitrogens with one attached hydrogen (secondary N) is 1. The summed E-state index contributed by atoms with van der Waals surface area (Å²) in [6, 6.07) is 10.5. The molecule has 0 saturated carbocycles. The van der Waals surface area contributed by atoms with E-state index >= 15 is 0 Å². The first kappa shape index (κ1) is 16.9. The van der Waals surface area contributed by atoms with Crippen molar-refractivity contribution in [3.63, 3.8) is 0 Å². The van der Waals surface area contributed by atoms with Gasteiger partial charge in [-0.2, -0.15) is 0 Å². The Morgan fingerprint density at radius 2 is 1.85 bits per heavy atom. The van der Waals surface area contributed by atoms with Gasteiger partial charge in [-0.15, -0.1) is 0 Å². The maximum Gasteiger partial charge on any atom is 0.134 e. The maximum atomic E-state index is 5.80. The van der Waals surface area contributed by atoms with Crippen LogP contribution in [0.3, 0.4) is 0 Å². The van der Waals surface area contributed by atoms with E-state index in [4.69, 9.17) is 10.5 Å². The summed E-state index contributed by atoms with van der Waals surface area (Å²) in [6.07, 6.45) is 3.94. The van der Waals surface area contributed by atoms with Crippen LogP contribution in [0.25, 0.3) is 0 Å². The molecule has 2 aliphatic rings. The van der Waals surface area contributed by atoms with Gasteiger partial charge < -0.3 is 25.6 Å². The average Bonchev–Trinajstić information content (AvgIpc) is 2.70. The van der Waals surface area contributed by atoms with Crippen LogP contribution in [0.15, 0.2) is 36.7 Å². The van der Waals surface area contributed by atoms with E-state index in [9.17, 15) is 0 Å². The van der Waals surface area contributed by atoms with Crippen molar-refractivity contribution in [3.8, 4) is 0 Å². The van der Waals surface area contributed by atoms with Gasteiger partial charge in [0.2, 0.25) is 0 Å². The van der Waals surface area contributed by atoms with Crippen molar-refractivity contribution in [1.29, 1.82) is 0 Å². The molecule has 0 unspecified atom stereocenters. The standard InChI is InChI=1S/C19H26N6O/c20-15-3-5-17(6-4-15)25-7-1-2-16(13-25)23-18-12-19(22-14-21-18)24-8-10-26-11-9-24/h3-6,12,14,16H,1-2,7-11,13,20H2,(H,21,22,23)/t16-/m1/s1. The Hall–Kier alpha value is -2.54. The molecule has 1 aromatic heterocycles. The molecule has 0 amide bonds. The van der Waals surface area contributed by atoms with Crippen LogP contribution in [-0.2, 0) is 4.74 Å². The smallest absolute Gasteiger partial charge is 0.134 e. The first-order valence-corrected chi connectivity index (χ1v) is 9.30. The van der Waals surface area contributed by atoms with Gasteiger partial charge in [-0.05, 0) is 37.1 Å². The first-order valence-electron chi connectivity index (χ1n) is 9.30. The normalized spacial score (nSPS) is 20.8. The Bertz CT molecular complexity index is 716. The van der Waals surface area contributed by atoms with Gasteiger partial charge in [-0.25, -0.2) is 9.97 Å². The van der Waals surface area contributed by atoms with Crippen LogP contribution < -0.4 is 20.9 Å². The molecular weight excluding hydrogens is 328 g/mol.